The second kappa shape index (κ2) is 12.9. The molecule has 0 aromatic heterocycles. The Balaban J connectivity index is 1.78. The van der Waals surface area contributed by atoms with Crippen LogP contribution in [0.15, 0.2) is 53.5 Å². The first kappa shape index (κ1) is 29.1. The van der Waals surface area contributed by atoms with Crippen molar-refractivity contribution in [2.45, 2.75) is 70.6 Å². The van der Waals surface area contributed by atoms with E-state index in [2.05, 4.69) is 5.32 Å². The van der Waals surface area contributed by atoms with Gasteiger partial charge in [0.2, 0.25) is 5.90 Å². The van der Waals surface area contributed by atoms with E-state index < -0.39 is 23.2 Å². The van der Waals surface area contributed by atoms with Gasteiger partial charge in [0.15, 0.2) is 5.54 Å². The molecule has 8 nitrogen and oxygen atoms in total. The Hall–Kier alpha value is -3.46. The van der Waals surface area contributed by atoms with Gasteiger partial charge in [0.25, 0.3) is 5.91 Å². The molecule has 38 heavy (non-hydrogen) atoms. The number of aliphatic hydroxyl groups excluding tert-OH is 1. The van der Waals surface area contributed by atoms with Crippen LogP contribution in [-0.4, -0.2) is 59.9 Å². The van der Waals surface area contributed by atoms with E-state index in [1.807, 2.05) is 0 Å². The minimum absolute atomic E-state index is 0.0172. The monoisotopic (exact) mass is 528 g/mol. The van der Waals surface area contributed by atoms with Gasteiger partial charge in [-0.2, -0.15) is 0 Å². The van der Waals surface area contributed by atoms with Gasteiger partial charge in [-0.05, 0) is 82.5 Å². The van der Waals surface area contributed by atoms with Crippen molar-refractivity contribution in [1.29, 1.82) is 0 Å². The molecule has 0 unspecified atom stereocenters. The first-order valence-electron chi connectivity index (χ1n) is 12.9. The molecule has 1 heterocycles. The van der Waals surface area contributed by atoms with Crippen molar-refractivity contribution in [2.24, 2.45) is 4.99 Å². The smallest absolute Gasteiger partial charge is 0.306 e. The van der Waals surface area contributed by atoms with E-state index in [1.165, 1.54) is 12.1 Å². The minimum atomic E-state index is -1.34. The number of ether oxygens (including phenoxy) is 3. The van der Waals surface area contributed by atoms with Crippen LogP contribution in [0.4, 0.5) is 4.39 Å². The lowest BCUT2D eigenvalue weighted by atomic mass is 9.87. The molecule has 2 aromatic carbocycles. The van der Waals surface area contributed by atoms with Gasteiger partial charge in [0.1, 0.15) is 23.3 Å². The fourth-order valence-corrected chi connectivity index (χ4v) is 4.10. The molecule has 9 heteroatoms. The maximum atomic E-state index is 13.5. The molecular weight excluding hydrogens is 491 g/mol. The second-order valence-corrected chi connectivity index (χ2v) is 10.3. The maximum Gasteiger partial charge on any atom is 0.306 e. The average molecular weight is 529 g/mol. The zero-order valence-corrected chi connectivity index (χ0v) is 22.5. The number of esters is 1. The first-order valence-corrected chi connectivity index (χ1v) is 12.9. The van der Waals surface area contributed by atoms with E-state index in [1.54, 1.807) is 64.1 Å². The summed E-state index contributed by atoms with van der Waals surface area (Å²) in [4.78, 5) is 30.8. The molecule has 2 atom stereocenters. The number of carbonyl (C=O) groups is 2. The molecule has 0 saturated heterocycles. The fraction of sp³-hybridized carbons (Fsp3) is 0.483. The third kappa shape index (κ3) is 8.02. The lowest BCUT2D eigenvalue weighted by molar-refractivity contribution is -0.155. The summed E-state index contributed by atoms with van der Waals surface area (Å²) in [6.45, 7) is 7.83. The lowest BCUT2D eigenvalue weighted by Gasteiger charge is -2.28. The number of carbonyl (C=O) groups excluding carboxylic acids is 2. The standard InChI is InChI=1S/C29H37FN2O6/c1-20-29(15-13-25(34)38-28(2,3)4,27(35)31-16-14-21-7-5-8-23(30)19-21)32-26(37-20)22-9-11-24(12-10-22)36-18-6-17-33/h5,7-12,19-20,33H,6,13-18H2,1-4H3,(H,31,35)/t20-,29-/m1/s1. The molecule has 0 saturated carbocycles. The van der Waals surface area contributed by atoms with E-state index in [4.69, 9.17) is 24.3 Å². The maximum absolute atomic E-state index is 13.5. The van der Waals surface area contributed by atoms with Crippen molar-refractivity contribution in [2.75, 3.05) is 19.8 Å². The number of hydrogen-bond acceptors (Lipinski definition) is 7. The van der Waals surface area contributed by atoms with E-state index in [9.17, 15) is 14.0 Å². The van der Waals surface area contributed by atoms with Gasteiger partial charge in [-0.25, -0.2) is 9.38 Å². The summed E-state index contributed by atoms with van der Waals surface area (Å²) in [5.74, 6) is -0.197. The van der Waals surface area contributed by atoms with Crippen LogP contribution < -0.4 is 10.1 Å². The van der Waals surface area contributed by atoms with Gasteiger partial charge >= 0.3 is 5.97 Å². The third-order valence-electron chi connectivity index (χ3n) is 6.05. The molecule has 0 spiro atoms. The van der Waals surface area contributed by atoms with E-state index >= 15 is 0 Å². The van der Waals surface area contributed by atoms with E-state index in [-0.39, 0.29) is 37.7 Å². The minimum Gasteiger partial charge on any atom is -0.494 e. The summed E-state index contributed by atoms with van der Waals surface area (Å²) in [7, 11) is 0. The zero-order valence-electron chi connectivity index (χ0n) is 22.5. The number of rotatable bonds is 12. The number of aliphatic hydroxyl groups is 1. The normalized spacial score (nSPS) is 18.9. The number of halogens is 1. The SMILES string of the molecule is C[C@H]1OC(c2ccc(OCCCO)cc2)=N[C@@]1(CCC(=O)OC(C)(C)C)C(=O)NCCc1cccc(F)c1. The highest BCUT2D eigenvalue weighted by Gasteiger charge is 2.50. The number of amides is 1. The molecule has 0 aliphatic carbocycles. The van der Waals surface area contributed by atoms with Gasteiger partial charge in [-0.3, -0.25) is 9.59 Å². The molecule has 0 radical (unpaired) electrons. The molecular formula is C29H37FN2O6. The van der Waals surface area contributed by atoms with Crippen LogP contribution in [0.25, 0.3) is 0 Å². The Morgan fingerprint density at radius 2 is 1.92 bits per heavy atom. The first-order chi connectivity index (χ1) is 18.0. The van der Waals surface area contributed by atoms with Crippen molar-refractivity contribution < 1.29 is 33.3 Å². The third-order valence-corrected chi connectivity index (χ3v) is 6.05. The van der Waals surface area contributed by atoms with Crippen LogP contribution in [-0.2, 0) is 25.5 Å². The molecule has 0 bridgehead atoms. The van der Waals surface area contributed by atoms with Crippen LogP contribution in [0.5, 0.6) is 5.75 Å². The molecule has 1 aliphatic heterocycles. The van der Waals surface area contributed by atoms with Crippen molar-refractivity contribution in [3.8, 4) is 5.75 Å². The van der Waals surface area contributed by atoms with Gasteiger partial charge in [0, 0.05) is 31.6 Å². The summed E-state index contributed by atoms with van der Waals surface area (Å²) in [6, 6.07) is 13.3. The number of nitrogens with zero attached hydrogens (tertiary/aromatic N) is 1. The van der Waals surface area contributed by atoms with Crippen molar-refractivity contribution >= 4 is 17.8 Å². The van der Waals surface area contributed by atoms with Gasteiger partial charge in [-0.1, -0.05) is 12.1 Å². The summed E-state index contributed by atoms with van der Waals surface area (Å²) in [5.41, 5.74) is -0.567. The lowest BCUT2D eigenvalue weighted by Crippen LogP contribution is -2.51. The summed E-state index contributed by atoms with van der Waals surface area (Å²) >= 11 is 0. The molecule has 2 aromatic rings. The predicted octanol–water partition coefficient (Wildman–Crippen LogP) is 3.97. The molecule has 2 N–H and O–H groups in total. The van der Waals surface area contributed by atoms with E-state index in [0.29, 0.717) is 36.7 Å². The highest BCUT2D eigenvalue weighted by Crippen LogP contribution is 2.34. The van der Waals surface area contributed by atoms with Crippen LogP contribution in [0, 0.1) is 5.82 Å². The van der Waals surface area contributed by atoms with Gasteiger partial charge in [0.05, 0.1) is 6.61 Å². The highest BCUT2D eigenvalue weighted by atomic mass is 19.1. The number of hydrogen-bond donors (Lipinski definition) is 2. The van der Waals surface area contributed by atoms with Crippen LogP contribution in [0.1, 0.15) is 58.1 Å². The van der Waals surface area contributed by atoms with Crippen LogP contribution >= 0.6 is 0 Å². The molecule has 0 fully saturated rings. The number of benzene rings is 2. The van der Waals surface area contributed by atoms with Crippen molar-refractivity contribution in [1.82, 2.24) is 5.32 Å². The van der Waals surface area contributed by atoms with Crippen molar-refractivity contribution in [3.05, 3.63) is 65.5 Å². The highest BCUT2D eigenvalue weighted by molar-refractivity contribution is 6.00. The molecule has 3 rings (SSSR count). The Morgan fingerprint density at radius 3 is 2.58 bits per heavy atom. The Bertz CT molecular complexity index is 1130. The van der Waals surface area contributed by atoms with Crippen molar-refractivity contribution in [3.63, 3.8) is 0 Å². The molecule has 1 amide bonds. The van der Waals surface area contributed by atoms with Crippen LogP contribution in [0.3, 0.4) is 0 Å². The summed E-state index contributed by atoms with van der Waals surface area (Å²) in [5, 5.41) is 11.8. The molecule has 206 valence electrons. The van der Waals surface area contributed by atoms with Crippen LogP contribution in [0.2, 0.25) is 0 Å². The zero-order chi connectivity index (χ0) is 27.8. The van der Waals surface area contributed by atoms with Gasteiger partial charge < -0.3 is 24.6 Å². The quantitative estimate of drug-likeness (QED) is 0.319. The van der Waals surface area contributed by atoms with Gasteiger partial charge in [-0.15, -0.1) is 0 Å². The number of nitrogens with one attached hydrogen (secondary N) is 1. The largest absolute Gasteiger partial charge is 0.494 e. The topological polar surface area (TPSA) is 106 Å². The summed E-state index contributed by atoms with van der Waals surface area (Å²) in [6.07, 6.45) is 0.408. The molecule has 1 aliphatic rings. The number of aliphatic imine (C=N–C) groups is 1. The van der Waals surface area contributed by atoms with E-state index in [0.717, 1.165) is 5.56 Å². The average Bonchev–Trinajstić information content (AvgIpc) is 3.19. The predicted molar refractivity (Wildman–Crippen MR) is 142 cm³/mol. The fourth-order valence-electron chi connectivity index (χ4n) is 4.10. The summed E-state index contributed by atoms with van der Waals surface area (Å²) < 4.78 is 30.6. The Kier molecular flexibility index (Phi) is 9.85. The Morgan fingerprint density at radius 1 is 1.18 bits per heavy atom. The second-order valence-electron chi connectivity index (χ2n) is 10.3. The Labute approximate surface area is 223 Å².